The van der Waals surface area contributed by atoms with Gasteiger partial charge < -0.3 is 4.74 Å². The highest BCUT2D eigenvalue weighted by Crippen LogP contribution is 2.13. The molecule has 2 unspecified atom stereocenters. The van der Waals surface area contributed by atoms with Crippen LogP contribution >= 0.6 is 0 Å². The van der Waals surface area contributed by atoms with Gasteiger partial charge in [-0.25, -0.2) is 0 Å². The van der Waals surface area contributed by atoms with E-state index in [-0.39, 0.29) is 12.1 Å². The van der Waals surface area contributed by atoms with E-state index in [1.165, 1.54) is 11.1 Å². The molecular weight excluding hydrogens is 224 g/mol. The van der Waals surface area contributed by atoms with Crippen LogP contribution < -0.4 is 11.3 Å². The molecule has 0 fully saturated rings. The summed E-state index contributed by atoms with van der Waals surface area (Å²) in [6.45, 7) is 4.33. The van der Waals surface area contributed by atoms with Gasteiger partial charge in [0.25, 0.3) is 0 Å². The number of hydrogen-bond donors (Lipinski definition) is 2. The maximum absolute atomic E-state index is 5.65. The zero-order valence-electron chi connectivity index (χ0n) is 11.8. The van der Waals surface area contributed by atoms with E-state index in [0.717, 1.165) is 25.7 Å². The predicted octanol–water partition coefficient (Wildman–Crippen LogP) is 2.44. The Labute approximate surface area is 111 Å². The van der Waals surface area contributed by atoms with E-state index in [1.807, 2.05) is 0 Å². The van der Waals surface area contributed by atoms with Gasteiger partial charge in [-0.1, -0.05) is 44.5 Å². The van der Waals surface area contributed by atoms with Crippen molar-refractivity contribution in [3.63, 3.8) is 0 Å². The molecule has 0 aliphatic rings. The van der Waals surface area contributed by atoms with Crippen molar-refractivity contribution in [1.29, 1.82) is 0 Å². The number of benzene rings is 1. The Morgan fingerprint density at radius 1 is 1.17 bits per heavy atom. The van der Waals surface area contributed by atoms with Crippen LogP contribution in [-0.2, 0) is 17.6 Å². The van der Waals surface area contributed by atoms with Crippen LogP contribution in [0.5, 0.6) is 0 Å². The monoisotopic (exact) mass is 250 g/mol. The van der Waals surface area contributed by atoms with Gasteiger partial charge in [0.1, 0.15) is 0 Å². The Kier molecular flexibility index (Phi) is 6.94. The summed E-state index contributed by atoms with van der Waals surface area (Å²) in [6.07, 6.45) is 4.28. The minimum Gasteiger partial charge on any atom is -0.380 e. The summed E-state index contributed by atoms with van der Waals surface area (Å²) in [5.41, 5.74) is 5.56. The summed E-state index contributed by atoms with van der Waals surface area (Å²) in [7, 11) is 1.75. The molecule has 2 atom stereocenters. The third-order valence-corrected chi connectivity index (χ3v) is 3.43. The van der Waals surface area contributed by atoms with Crippen molar-refractivity contribution in [3.8, 4) is 0 Å². The molecule has 0 saturated heterocycles. The van der Waals surface area contributed by atoms with Gasteiger partial charge in [0.15, 0.2) is 0 Å². The van der Waals surface area contributed by atoms with Gasteiger partial charge in [0, 0.05) is 7.11 Å². The second-order valence-electron chi connectivity index (χ2n) is 4.71. The van der Waals surface area contributed by atoms with Crippen LogP contribution in [0.15, 0.2) is 24.3 Å². The number of methoxy groups -OCH3 is 1. The molecule has 0 heterocycles. The van der Waals surface area contributed by atoms with Crippen LogP contribution in [0.3, 0.4) is 0 Å². The van der Waals surface area contributed by atoms with Crippen molar-refractivity contribution in [2.24, 2.45) is 5.84 Å². The molecule has 1 rings (SSSR count). The van der Waals surface area contributed by atoms with Crippen molar-refractivity contribution in [1.82, 2.24) is 5.43 Å². The molecule has 0 aliphatic carbocycles. The Bertz CT molecular complexity index is 324. The lowest BCUT2D eigenvalue weighted by Crippen LogP contribution is -2.46. The Balaban J connectivity index is 2.65. The van der Waals surface area contributed by atoms with Gasteiger partial charge in [-0.2, -0.15) is 0 Å². The van der Waals surface area contributed by atoms with Crippen molar-refractivity contribution < 1.29 is 4.74 Å². The normalized spacial score (nSPS) is 14.4. The lowest BCUT2D eigenvalue weighted by atomic mass is 9.98. The first kappa shape index (κ1) is 15.2. The number of hydrogen-bond acceptors (Lipinski definition) is 3. The molecule has 3 N–H and O–H groups in total. The van der Waals surface area contributed by atoms with E-state index in [9.17, 15) is 0 Å². The van der Waals surface area contributed by atoms with Gasteiger partial charge >= 0.3 is 0 Å². The second kappa shape index (κ2) is 8.25. The average molecular weight is 250 g/mol. The number of nitrogens with one attached hydrogen (secondary N) is 1. The summed E-state index contributed by atoms with van der Waals surface area (Å²) in [6, 6.07) is 8.90. The van der Waals surface area contributed by atoms with Crippen LogP contribution in [0.25, 0.3) is 0 Å². The van der Waals surface area contributed by atoms with E-state index >= 15 is 0 Å². The molecule has 0 radical (unpaired) electrons. The highest BCUT2D eigenvalue weighted by molar-refractivity contribution is 5.23. The smallest absolute Gasteiger partial charge is 0.0740 e. The fourth-order valence-corrected chi connectivity index (χ4v) is 2.23. The summed E-state index contributed by atoms with van der Waals surface area (Å²) >= 11 is 0. The Hall–Kier alpha value is -0.900. The van der Waals surface area contributed by atoms with Crippen LogP contribution in [0.2, 0.25) is 0 Å². The highest BCUT2D eigenvalue weighted by Gasteiger charge is 2.19. The molecule has 0 amide bonds. The first-order valence-electron chi connectivity index (χ1n) is 6.81. The molecule has 3 nitrogen and oxygen atoms in total. The van der Waals surface area contributed by atoms with E-state index < -0.39 is 0 Å². The Morgan fingerprint density at radius 3 is 2.22 bits per heavy atom. The minimum absolute atomic E-state index is 0.169. The molecule has 102 valence electrons. The fourth-order valence-electron chi connectivity index (χ4n) is 2.23. The number of nitrogens with two attached hydrogens (primary N) is 1. The quantitative estimate of drug-likeness (QED) is 0.550. The third-order valence-electron chi connectivity index (χ3n) is 3.43. The highest BCUT2D eigenvalue weighted by atomic mass is 16.5. The Morgan fingerprint density at radius 2 is 1.78 bits per heavy atom. The number of aryl methyl sites for hydroxylation is 1. The lowest BCUT2D eigenvalue weighted by molar-refractivity contribution is 0.0609. The molecule has 1 aromatic carbocycles. The standard InChI is InChI=1S/C15H26N2O/c1-4-6-15(18-3)14(17-16)11-13-9-7-12(5-2)8-10-13/h7-10,14-15,17H,4-6,11,16H2,1-3H3. The van der Waals surface area contributed by atoms with Crippen molar-refractivity contribution in [2.75, 3.05) is 7.11 Å². The topological polar surface area (TPSA) is 47.3 Å². The third kappa shape index (κ3) is 4.41. The van der Waals surface area contributed by atoms with Gasteiger partial charge in [-0.15, -0.1) is 0 Å². The number of rotatable bonds is 8. The summed E-state index contributed by atoms with van der Waals surface area (Å²) in [5, 5.41) is 0. The van der Waals surface area contributed by atoms with Crippen LogP contribution in [0, 0.1) is 0 Å². The molecule has 0 aliphatic heterocycles. The predicted molar refractivity (Wildman–Crippen MR) is 76.3 cm³/mol. The maximum atomic E-state index is 5.65. The van der Waals surface area contributed by atoms with E-state index in [4.69, 9.17) is 10.6 Å². The molecule has 0 bridgehead atoms. The number of hydrazine groups is 1. The largest absolute Gasteiger partial charge is 0.380 e. The van der Waals surface area contributed by atoms with Crippen LogP contribution in [0.4, 0.5) is 0 Å². The summed E-state index contributed by atoms with van der Waals surface area (Å²) in [5.74, 6) is 5.65. The molecular formula is C15H26N2O. The lowest BCUT2D eigenvalue weighted by Gasteiger charge is -2.25. The zero-order chi connectivity index (χ0) is 13.4. The van der Waals surface area contributed by atoms with Crippen molar-refractivity contribution >= 4 is 0 Å². The molecule has 3 heteroatoms. The molecule has 18 heavy (non-hydrogen) atoms. The van der Waals surface area contributed by atoms with Crippen LogP contribution in [0.1, 0.15) is 37.8 Å². The van der Waals surface area contributed by atoms with Gasteiger partial charge in [-0.3, -0.25) is 11.3 Å². The van der Waals surface area contributed by atoms with Gasteiger partial charge in [-0.05, 0) is 30.4 Å². The average Bonchev–Trinajstić information content (AvgIpc) is 2.43. The number of ether oxygens (including phenoxy) is 1. The van der Waals surface area contributed by atoms with Gasteiger partial charge in [0.05, 0.1) is 12.1 Å². The summed E-state index contributed by atoms with van der Waals surface area (Å²) < 4.78 is 5.52. The van der Waals surface area contributed by atoms with Gasteiger partial charge in [0.2, 0.25) is 0 Å². The molecule has 1 aromatic rings. The molecule has 0 saturated carbocycles. The molecule has 0 spiro atoms. The summed E-state index contributed by atoms with van der Waals surface area (Å²) in [4.78, 5) is 0. The fraction of sp³-hybridized carbons (Fsp3) is 0.600. The van der Waals surface area contributed by atoms with Crippen molar-refractivity contribution in [2.45, 2.75) is 51.7 Å². The SMILES string of the molecule is CCCC(OC)C(Cc1ccc(CC)cc1)NN. The van der Waals surface area contributed by atoms with Crippen LogP contribution in [-0.4, -0.2) is 19.3 Å². The van der Waals surface area contributed by atoms with E-state index in [2.05, 4.69) is 43.5 Å². The molecule has 0 aromatic heterocycles. The second-order valence-corrected chi connectivity index (χ2v) is 4.71. The van der Waals surface area contributed by atoms with E-state index in [0.29, 0.717) is 0 Å². The van der Waals surface area contributed by atoms with Crippen molar-refractivity contribution in [3.05, 3.63) is 35.4 Å². The first-order chi connectivity index (χ1) is 8.74. The maximum Gasteiger partial charge on any atom is 0.0740 e. The zero-order valence-corrected chi connectivity index (χ0v) is 11.8. The first-order valence-corrected chi connectivity index (χ1v) is 6.81. The minimum atomic E-state index is 0.169. The van der Waals surface area contributed by atoms with E-state index in [1.54, 1.807) is 7.11 Å².